The van der Waals surface area contributed by atoms with Crippen LogP contribution in [0.25, 0.3) is 0 Å². The Morgan fingerprint density at radius 2 is 1.21 bits per heavy atom. The molecule has 0 aromatic rings. The van der Waals surface area contributed by atoms with Crippen LogP contribution in [0.2, 0.25) is 0 Å². The van der Waals surface area contributed by atoms with Gasteiger partial charge in [-0.05, 0) is 0 Å². The van der Waals surface area contributed by atoms with E-state index in [1.165, 1.54) is 0 Å². The van der Waals surface area contributed by atoms with Crippen molar-refractivity contribution >= 4 is 6.03 Å². The molecular weight excluding hydrogens is 192 g/mol. The molecule has 84 valence electrons. The van der Waals surface area contributed by atoms with Crippen LogP contribution >= 0.6 is 0 Å². The summed E-state index contributed by atoms with van der Waals surface area (Å²) in [4.78, 5) is 13.3. The third kappa shape index (κ3) is 3.88. The number of nitrogens with zero attached hydrogens (tertiary/aromatic N) is 2. The SMILES string of the molecule is O=C(N(CO)CCO)N(CO)CCO. The van der Waals surface area contributed by atoms with E-state index in [9.17, 15) is 4.79 Å². The van der Waals surface area contributed by atoms with Crippen molar-refractivity contribution in [2.75, 3.05) is 39.8 Å². The molecule has 0 fully saturated rings. The van der Waals surface area contributed by atoms with Gasteiger partial charge < -0.3 is 20.4 Å². The first-order valence-electron chi connectivity index (χ1n) is 4.18. The highest BCUT2D eigenvalue weighted by atomic mass is 16.3. The lowest BCUT2D eigenvalue weighted by Crippen LogP contribution is -2.46. The number of urea groups is 1. The Hall–Kier alpha value is -0.890. The van der Waals surface area contributed by atoms with Gasteiger partial charge in [-0.25, -0.2) is 4.79 Å². The van der Waals surface area contributed by atoms with Gasteiger partial charge in [0.1, 0.15) is 13.5 Å². The molecule has 0 bridgehead atoms. The van der Waals surface area contributed by atoms with Crippen LogP contribution in [0.5, 0.6) is 0 Å². The van der Waals surface area contributed by atoms with E-state index in [1.54, 1.807) is 0 Å². The molecule has 0 aromatic carbocycles. The zero-order chi connectivity index (χ0) is 11.0. The summed E-state index contributed by atoms with van der Waals surface area (Å²) in [7, 11) is 0. The fourth-order valence-electron chi connectivity index (χ4n) is 0.895. The second-order valence-electron chi connectivity index (χ2n) is 2.54. The summed E-state index contributed by atoms with van der Waals surface area (Å²) in [5.41, 5.74) is 0. The summed E-state index contributed by atoms with van der Waals surface area (Å²) >= 11 is 0. The van der Waals surface area contributed by atoms with Crippen LogP contribution in [0.4, 0.5) is 4.79 Å². The van der Waals surface area contributed by atoms with E-state index >= 15 is 0 Å². The normalized spacial score (nSPS) is 10.0. The molecule has 0 aliphatic heterocycles. The number of hydrogen-bond donors (Lipinski definition) is 4. The van der Waals surface area contributed by atoms with E-state index in [0.29, 0.717) is 0 Å². The van der Waals surface area contributed by atoms with Gasteiger partial charge in [0.25, 0.3) is 0 Å². The zero-order valence-corrected chi connectivity index (χ0v) is 7.83. The Bertz CT molecular complexity index is 150. The van der Waals surface area contributed by atoms with Crippen molar-refractivity contribution in [3.63, 3.8) is 0 Å². The van der Waals surface area contributed by atoms with Crippen molar-refractivity contribution in [1.29, 1.82) is 0 Å². The van der Waals surface area contributed by atoms with Gasteiger partial charge in [0, 0.05) is 13.1 Å². The van der Waals surface area contributed by atoms with Gasteiger partial charge in [-0.15, -0.1) is 0 Å². The summed E-state index contributed by atoms with van der Waals surface area (Å²) in [5.74, 6) is 0. The van der Waals surface area contributed by atoms with Gasteiger partial charge in [0.15, 0.2) is 0 Å². The lowest BCUT2D eigenvalue weighted by molar-refractivity contribution is 0.0522. The predicted octanol–water partition coefficient (Wildman–Crippen LogP) is -2.41. The summed E-state index contributed by atoms with van der Waals surface area (Å²) in [6.07, 6.45) is 0. The molecule has 14 heavy (non-hydrogen) atoms. The topological polar surface area (TPSA) is 104 Å². The fraction of sp³-hybridized carbons (Fsp3) is 0.857. The monoisotopic (exact) mass is 208 g/mol. The Balaban J connectivity index is 4.21. The fourth-order valence-corrected chi connectivity index (χ4v) is 0.895. The average molecular weight is 208 g/mol. The molecule has 2 amide bonds. The maximum absolute atomic E-state index is 11.4. The van der Waals surface area contributed by atoms with Crippen LogP contribution in [-0.4, -0.2) is 76.0 Å². The summed E-state index contributed by atoms with van der Waals surface area (Å²) in [6, 6.07) is -0.627. The molecule has 0 aliphatic carbocycles. The molecule has 7 heteroatoms. The third-order valence-corrected chi connectivity index (χ3v) is 1.62. The van der Waals surface area contributed by atoms with Crippen LogP contribution in [0.15, 0.2) is 0 Å². The highest BCUT2D eigenvalue weighted by Gasteiger charge is 2.18. The lowest BCUT2D eigenvalue weighted by Gasteiger charge is -2.26. The second kappa shape index (κ2) is 7.51. The van der Waals surface area contributed by atoms with Gasteiger partial charge in [0.05, 0.1) is 13.2 Å². The number of amides is 2. The van der Waals surface area contributed by atoms with E-state index in [1.807, 2.05) is 0 Å². The van der Waals surface area contributed by atoms with Crippen molar-refractivity contribution in [2.24, 2.45) is 0 Å². The molecule has 0 aliphatic rings. The minimum atomic E-state index is -0.627. The zero-order valence-electron chi connectivity index (χ0n) is 7.83. The van der Waals surface area contributed by atoms with E-state index < -0.39 is 19.5 Å². The number of carbonyl (C=O) groups excluding carboxylic acids is 1. The number of rotatable bonds is 6. The highest BCUT2D eigenvalue weighted by Crippen LogP contribution is 1.96. The molecule has 0 heterocycles. The molecule has 0 saturated heterocycles. The van der Waals surface area contributed by atoms with Gasteiger partial charge in [0.2, 0.25) is 0 Å². The molecule has 0 rings (SSSR count). The molecule has 4 N–H and O–H groups in total. The molecule has 7 nitrogen and oxygen atoms in total. The number of aliphatic hydroxyl groups is 4. The van der Waals surface area contributed by atoms with Crippen LogP contribution in [-0.2, 0) is 0 Å². The van der Waals surface area contributed by atoms with Crippen molar-refractivity contribution < 1.29 is 25.2 Å². The smallest absolute Gasteiger partial charge is 0.323 e. The highest BCUT2D eigenvalue weighted by molar-refractivity contribution is 5.74. The van der Waals surface area contributed by atoms with Gasteiger partial charge in [-0.3, -0.25) is 9.80 Å². The largest absolute Gasteiger partial charge is 0.395 e. The van der Waals surface area contributed by atoms with Gasteiger partial charge >= 0.3 is 6.03 Å². The number of aliphatic hydroxyl groups excluding tert-OH is 4. The maximum atomic E-state index is 11.4. The van der Waals surface area contributed by atoms with Crippen LogP contribution in [0.1, 0.15) is 0 Å². The standard InChI is InChI=1S/C7H16N2O5/c10-3-1-8(5-12)7(14)9(6-13)2-4-11/h10-13H,1-6H2. The van der Waals surface area contributed by atoms with E-state index in [-0.39, 0.29) is 26.3 Å². The Morgan fingerprint density at radius 1 is 0.857 bits per heavy atom. The summed E-state index contributed by atoms with van der Waals surface area (Å²) < 4.78 is 0. The van der Waals surface area contributed by atoms with Crippen molar-refractivity contribution in [2.45, 2.75) is 0 Å². The van der Waals surface area contributed by atoms with E-state index in [0.717, 1.165) is 9.80 Å². The molecule has 0 aromatic heterocycles. The first kappa shape index (κ1) is 13.1. The van der Waals surface area contributed by atoms with Crippen LogP contribution < -0.4 is 0 Å². The molecule has 0 saturated carbocycles. The maximum Gasteiger partial charge on any atom is 0.323 e. The quantitative estimate of drug-likeness (QED) is 0.364. The third-order valence-electron chi connectivity index (χ3n) is 1.62. The molecule has 0 atom stereocenters. The minimum absolute atomic E-state index is 0.0166. The predicted molar refractivity (Wildman–Crippen MR) is 47.2 cm³/mol. The molecule has 0 radical (unpaired) electrons. The molecule has 0 spiro atoms. The summed E-state index contributed by atoms with van der Waals surface area (Å²) in [5, 5.41) is 34.7. The number of hydrogen-bond acceptors (Lipinski definition) is 5. The first-order valence-corrected chi connectivity index (χ1v) is 4.18. The van der Waals surface area contributed by atoms with Crippen molar-refractivity contribution in [3.8, 4) is 0 Å². The average Bonchev–Trinajstić information content (AvgIpc) is 2.21. The Labute approximate surface area is 81.8 Å². The van der Waals surface area contributed by atoms with Crippen molar-refractivity contribution in [3.05, 3.63) is 0 Å². The Morgan fingerprint density at radius 3 is 1.43 bits per heavy atom. The molecular formula is C7H16N2O5. The van der Waals surface area contributed by atoms with Crippen molar-refractivity contribution in [1.82, 2.24) is 9.80 Å². The number of carbonyl (C=O) groups is 1. The second-order valence-corrected chi connectivity index (χ2v) is 2.54. The van der Waals surface area contributed by atoms with Crippen LogP contribution in [0, 0.1) is 0 Å². The first-order chi connectivity index (χ1) is 6.71. The molecule has 0 unspecified atom stereocenters. The van der Waals surface area contributed by atoms with Gasteiger partial charge in [-0.1, -0.05) is 0 Å². The van der Waals surface area contributed by atoms with E-state index in [4.69, 9.17) is 20.4 Å². The van der Waals surface area contributed by atoms with E-state index in [2.05, 4.69) is 0 Å². The van der Waals surface area contributed by atoms with Gasteiger partial charge in [-0.2, -0.15) is 0 Å². The Kier molecular flexibility index (Phi) is 7.03. The summed E-state index contributed by atoms with van der Waals surface area (Å²) in [6.45, 7) is -1.66. The van der Waals surface area contributed by atoms with Crippen LogP contribution in [0.3, 0.4) is 0 Å². The minimum Gasteiger partial charge on any atom is -0.395 e. The lowest BCUT2D eigenvalue weighted by atomic mass is 10.5.